The Balaban J connectivity index is 1.17. The van der Waals surface area contributed by atoms with E-state index in [2.05, 4.69) is 151 Å². The number of hydrogen-bond acceptors (Lipinski definition) is 4. The fourth-order valence-corrected chi connectivity index (χ4v) is 7.42. The lowest BCUT2D eigenvalue weighted by atomic mass is 9.99. The van der Waals surface area contributed by atoms with Crippen LogP contribution in [0.2, 0.25) is 0 Å². The summed E-state index contributed by atoms with van der Waals surface area (Å²) in [7, 11) is 0. The Morgan fingerprint density at radius 1 is 0.383 bits per heavy atom. The summed E-state index contributed by atoms with van der Waals surface area (Å²) in [5.74, 6) is 0.692. The molecule has 0 radical (unpaired) electrons. The molecule has 0 unspecified atom stereocenters. The van der Waals surface area contributed by atoms with Crippen LogP contribution in [0.15, 0.2) is 164 Å². The molecule has 4 heteroatoms. The van der Waals surface area contributed by atoms with Crippen molar-refractivity contribution < 1.29 is 0 Å². The molecule has 0 aliphatic carbocycles. The van der Waals surface area contributed by atoms with Gasteiger partial charge in [-0.1, -0.05) is 109 Å². The van der Waals surface area contributed by atoms with E-state index < -0.39 is 0 Å². The van der Waals surface area contributed by atoms with E-state index in [0.717, 1.165) is 39.2 Å². The number of fused-ring (bicyclic) bond motifs is 4. The Hall–Kier alpha value is -5.97. The van der Waals surface area contributed by atoms with E-state index in [0.29, 0.717) is 5.82 Å². The average molecular weight is 618 g/mol. The summed E-state index contributed by atoms with van der Waals surface area (Å²) in [4.78, 5) is 14.7. The van der Waals surface area contributed by atoms with Crippen LogP contribution in [-0.4, -0.2) is 15.0 Å². The Kier molecular flexibility index (Phi) is 6.65. The molecule has 0 amide bonds. The molecule has 3 nitrogen and oxygen atoms in total. The average Bonchev–Trinajstić information content (AvgIpc) is 3.53. The molecule has 0 saturated carbocycles. The van der Waals surface area contributed by atoms with Crippen molar-refractivity contribution in [1.82, 2.24) is 15.0 Å². The summed E-state index contributed by atoms with van der Waals surface area (Å²) in [6.45, 7) is 0. The van der Waals surface area contributed by atoms with Gasteiger partial charge in [-0.2, -0.15) is 0 Å². The third-order valence-electron chi connectivity index (χ3n) is 8.78. The quantitative estimate of drug-likeness (QED) is 0.193. The molecule has 0 aliphatic rings. The fraction of sp³-hybridized carbons (Fsp3) is 0. The van der Waals surface area contributed by atoms with Crippen molar-refractivity contribution in [3.05, 3.63) is 164 Å². The van der Waals surface area contributed by atoms with E-state index in [1.165, 1.54) is 42.1 Å². The van der Waals surface area contributed by atoms with Crippen LogP contribution in [-0.2, 0) is 0 Å². The van der Waals surface area contributed by atoms with Gasteiger partial charge in [0.25, 0.3) is 0 Å². The number of hydrogen-bond donors (Lipinski definition) is 0. The Morgan fingerprint density at radius 3 is 1.94 bits per heavy atom. The van der Waals surface area contributed by atoms with Crippen LogP contribution >= 0.6 is 11.3 Å². The highest BCUT2D eigenvalue weighted by molar-refractivity contribution is 7.25. The van der Waals surface area contributed by atoms with E-state index in [9.17, 15) is 0 Å². The Bertz CT molecular complexity index is 2570. The van der Waals surface area contributed by atoms with Crippen LogP contribution in [0.4, 0.5) is 0 Å². The van der Waals surface area contributed by atoms with Gasteiger partial charge in [0.05, 0.1) is 11.4 Å². The van der Waals surface area contributed by atoms with Crippen molar-refractivity contribution >= 4 is 42.3 Å². The normalized spacial score (nSPS) is 11.4. The van der Waals surface area contributed by atoms with Gasteiger partial charge in [-0.05, 0) is 69.9 Å². The minimum atomic E-state index is 0.692. The van der Waals surface area contributed by atoms with Crippen molar-refractivity contribution in [1.29, 1.82) is 0 Å². The highest BCUT2D eigenvalue weighted by Gasteiger charge is 2.14. The van der Waals surface area contributed by atoms with Crippen molar-refractivity contribution in [3.63, 3.8) is 0 Å². The largest absolute Gasteiger partial charge is 0.264 e. The first-order valence-electron chi connectivity index (χ1n) is 15.7. The van der Waals surface area contributed by atoms with Gasteiger partial charge < -0.3 is 0 Å². The van der Waals surface area contributed by atoms with Crippen LogP contribution in [0, 0.1) is 0 Å². The minimum absolute atomic E-state index is 0.692. The summed E-state index contributed by atoms with van der Waals surface area (Å²) >= 11 is 1.83. The van der Waals surface area contributed by atoms with Gasteiger partial charge in [-0.15, -0.1) is 11.3 Å². The Morgan fingerprint density at radius 2 is 1.06 bits per heavy atom. The van der Waals surface area contributed by atoms with Crippen LogP contribution in [0.5, 0.6) is 0 Å². The summed E-state index contributed by atoms with van der Waals surface area (Å²) in [5, 5.41) is 5.01. The van der Waals surface area contributed by atoms with Crippen molar-refractivity contribution in [2.75, 3.05) is 0 Å². The second kappa shape index (κ2) is 11.4. The molecule has 0 N–H and O–H groups in total. The Labute approximate surface area is 276 Å². The monoisotopic (exact) mass is 617 g/mol. The lowest BCUT2D eigenvalue weighted by Gasteiger charge is -2.11. The zero-order chi connectivity index (χ0) is 31.2. The molecule has 0 atom stereocenters. The summed E-state index contributed by atoms with van der Waals surface area (Å²) in [6.07, 6.45) is 3.68. The van der Waals surface area contributed by atoms with E-state index >= 15 is 0 Å². The van der Waals surface area contributed by atoms with E-state index in [-0.39, 0.29) is 0 Å². The smallest absolute Gasteiger partial charge is 0.160 e. The lowest BCUT2D eigenvalue weighted by molar-refractivity contribution is 1.18. The molecule has 9 rings (SSSR count). The maximum Gasteiger partial charge on any atom is 0.160 e. The van der Waals surface area contributed by atoms with E-state index in [4.69, 9.17) is 9.97 Å². The lowest BCUT2D eigenvalue weighted by Crippen LogP contribution is -1.96. The molecule has 0 fully saturated rings. The molecule has 220 valence electrons. The summed E-state index contributed by atoms with van der Waals surface area (Å²) in [6, 6.07) is 53.7. The predicted octanol–water partition coefficient (Wildman–Crippen LogP) is 11.7. The number of benzene rings is 6. The number of rotatable bonds is 5. The molecule has 3 heterocycles. The van der Waals surface area contributed by atoms with E-state index in [1.807, 2.05) is 23.6 Å². The first-order chi connectivity index (χ1) is 23.2. The molecular weight excluding hydrogens is 591 g/mol. The first kappa shape index (κ1) is 27.3. The molecule has 6 aromatic carbocycles. The molecule has 47 heavy (non-hydrogen) atoms. The summed E-state index contributed by atoms with van der Waals surface area (Å²) in [5.41, 5.74) is 9.37. The maximum absolute atomic E-state index is 5.18. The molecule has 0 bridgehead atoms. The SMILES string of the molecule is c1cncc(-c2cccc(-c3nc(-c4ccc(-c5ccc6ccccc6c5)cc4)cc(-c4ccc5sc6ccccc6c5c4)n3)c2)c1. The molecular formula is C43H27N3S. The summed E-state index contributed by atoms with van der Waals surface area (Å²) < 4.78 is 2.57. The van der Waals surface area contributed by atoms with Gasteiger partial charge in [0.15, 0.2) is 5.82 Å². The topological polar surface area (TPSA) is 38.7 Å². The molecule has 0 spiro atoms. The number of nitrogens with zero attached hydrogens (tertiary/aromatic N) is 3. The minimum Gasteiger partial charge on any atom is -0.264 e. The molecule has 0 saturated heterocycles. The van der Waals surface area contributed by atoms with Crippen molar-refractivity contribution in [3.8, 4) is 56.2 Å². The zero-order valence-electron chi connectivity index (χ0n) is 25.3. The van der Waals surface area contributed by atoms with Gasteiger partial charge in [0, 0.05) is 54.8 Å². The molecule has 0 aliphatic heterocycles. The van der Waals surface area contributed by atoms with Gasteiger partial charge in [-0.3, -0.25) is 4.98 Å². The third kappa shape index (κ3) is 5.15. The number of aromatic nitrogens is 3. The number of thiophene rings is 1. The molecule has 3 aromatic heterocycles. The van der Waals surface area contributed by atoms with Crippen molar-refractivity contribution in [2.24, 2.45) is 0 Å². The van der Waals surface area contributed by atoms with Gasteiger partial charge in [0.1, 0.15) is 0 Å². The zero-order valence-corrected chi connectivity index (χ0v) is 26.2. The standard InChI is InChI=1S/C43H27N3S/c1-2-8-31-23-33(19-16-28(31)7-1)29-14-17-30(18-15-29)39-26-40(34-20-21-42-38(25-34)37-12-3-4-13-41(37)47-42)46-43(45-39)35-10-5-9-32(24-35)36-11-6-22-44-27-36/h1-27H. The maximum atomic E-state index is 5.18. The predicted molar refractivity (Wildman–Crippen MR) is 197 cm³/mol. The van der Waals surface area contributed by atoms with Gasteiger partial charge >= 0.3 is 0 Å². The fourth-order valence-electron chi connectivity index (χ4n) is 6.33. The van der Waals surface area contributed by atoms with Crippen molar-refractivity contribution in [2.45, 2.75) is 0 Å². The second-order valence-corrected chi connectivity index (χ2v) is 12.8. The van der Waals surface area contributed by atoms with Crippen LogP contribution in [0.25, 0.3) is 87.1 Å². The van der Waals surface area contributed by atoms with Gasteiger partial charge in [0.2, 0.25) is 0 Å². The first-order valence-corrected chi connectivity index (χ1v) is 16.5. The van der Waals surface area contributed by atoms with E-state index in [1.54, 1.807) is 6.20 Å². The third-order valence-corrected chi connectivity index (χ3v) is 9.93. The van der Waals surface area contributed by atoms with Crippen LogP contribution in [0.3, 0.4) is 0 Å². The van der Waals surface area contributed by atoms with Crippen LogP contribution < -0.4 is 0 Å². The highest BCUT2D eigenvalue weighted by Crippen LogP contribution is 2.37. The van der Waals surface area contributed by atoms with Crippen LogP contribution in [0.1, 0.15) is 0 Å². The number of pyridine rings is 1. The molecule has 9 aromatic rings. The van der Waals surface area contributed by atoms with Gasteiger partial charge in [-0.25, -0.2) is 9.97 Å². The second-order valence-electron chi connectivity index (χ2n) is 11.7. The highest BCUT2D eigenvalue weighted by atomic mass is 32.1.